The number of fused-ring (bicyclic) bond motifs is 1. The number of furan rings is 1. The summed E-state index contributed by atoms with van der Waals surface area (Å²) in [5.41, 5.74) is 3.71. The summed E-state index contributed by atoms with van der Waals surface area (Å²) in [6.45, 7) is 2.37. The van der Waals surface area contributed by atoms with E-state index in [1.807, 2.05) is 31.2 Å². The van der Waals surface area contributed by atoms with Gasteiger partial charge in [0.25, 0.3) is 11.8 Å². The second kappa shape index (κ2) is 8.87. The predicted octanol–water partition coefficient (Wildman–Crippen LogP) is 3.55. The first kappa shape index (κ1) is 20.4. The summed E-state index contributed by atoms with van der Waals surface area (Å²) in [6, 6.07) is 16.0. The quantitative estimate of drug-likeness (QED) is 0.664. The number of para-hydroxylation sites is 1. The molecule has 0 saturated heterocycles. The van der Waals surface area contributed by atoms with Crippen molar-refractivity contribution in [1.29, 1.82) is 0 Å². The van der Waals surface area contributed by atoms with E-state index in [1.54, 1.807) is 35.2 Å². The van der Waals surface area contributed by atoms with E-state index in [2.05, 4.69) is 10.6 Å². The Morgan fingerprint density at radius 3 is 2.68 bits per heavy atom. The molecule has 158 valence electrons. The minimum atomic E-state index is -0.399. The lowest BCUT2D eigenvalue weighted by atomic mass is 10.0. The van der Waals surface area contributed by atoms with E-state index in [0.29, 0.717) is 17.8 Å². The third-order valence-electron chi connectivity index (χ3n) is 5.30. The molecule has 7 heteroatoms. The summed E-state index contributed by atoms with van der Waals surface area (Å²) in [5, 5.41) is 5.44. The van der Waals surface area contributed by atoms with Gasteiger partial charge in [0.1, 0.15) is 0 Å². The largest absolute Gasteiger partial charge is 0.459 e. The van der Waals surface area contributed by atoms with Gasteiger partial charge in [0.05, 0.1) is 12.8 Å². The highest BCUT2D eigenvalue weighted by Crippen LogP contribution is 2.26. The topological polar surface area (TPSA) is 91.7 Å². The highest BCUT2D eigenvalue weighted by Gasteiger charge is 2.22. The Hall–Kier alpha value is -3.87. The van der Waals surface area contributed by atoms with E-state index in [4.69, 9.17) is 4.42 Å². The van der Waals surface area contributed by atoms with Crippen LogP contribution >= 0.6 is 0 Å². The molecule has 0 fully saturated rings. The fourth-order valence-electron chi connectivity index (χ4n) is 3.64. The van der Waals surface area contributed by atoms with Crippen molar-refractivity contribution < 1.29 is 18.8 Å². The molecular formula is C24H23N3O4. The maximum atomic E-state index is 12.7. The molecule has 1 aliphatic heterocycles. The number of hydrogen-bond acceptors (Lipinski definition) is 4. The molecule has 4 rings (SSSR count). The molecule has 0 unspecified atom stereocenters. The summed E-state index contributed by atoms with van der Waals surface area (Å²) >= 11 is 0. The lowest BCUT2D eigenvalue weighted by Crippen LogP contribution is -2.42. The molecule has 0 bridgehead atoms. The van der Waals surface area contributed by atoms with Crippen molar-refractivity contribution >= 4 is 29.1 Å². The molecular weight excluding hydrogens is 394 g/mol. The van der Waals surface area contributed by atoms with E-state index >= 15 is 0 Å². The average molecular weight is 417 g/mol. The van der Waals surface area contributed by atoms with Crippen LogP contribution in [0.3, 0.4) is 0 Å². The molecule has 0 radical (unpaired) electrons. The highest BCUT2D eigenvalue weighted by molar-refractivity contribution is 6.04. The molecule has 0 saturated carbocycles. The Bertz CT molecular complexity index is 1120. The Morgan fingerprint density at radius 2 is 1.87 bits per heavy atom. The van der Waals surface area contributed by atoms with Gasteiger partial charge < -0.3 is 20.0 Å². The third kappa shape index (κ3) is 4.50. The Morgan fingerprint density at radius 1 is 1.03 bits per heavy atom. The smallest absolute Gasteiger partial charge is 0.291 e. The van der Waals surface area contributed by atoms with Crippen LogP contribution in [0.5, 0.6) is 0 Å². The summed E-state index contributed by atoms with van der Waals surface area (Å²) in [7, 11) is 0. The first-order valence-corrected chi connectivity index (χ1v) is 10.1. The number of hydrogen-bond donors (Lipinski definition) is 2. The molecule has 0 atom stereocenters. The first-order valence-electron chi connectivity index (χ1n) is 10.1. The standard InChI is InChI=1S/C24H23N3O4/c1-16-10-11-18(14-19(16)26-24(30)21-9-5-13-31-21)23(29)25-15-22(28)27-12-4-7-17-6-2-3-8-20(17)27/h2-3,5-6,8-11,13-14H,4,7,12,15H2,1H3,(H,25,29)(H,26,30). The normalized spacial score (nSPS) is 12.7. The van der Waals surface area contributed by atoms with Crippen LogP contribution in [-0.2, 0) is 11.2 Å². The Balaban J connectivity index is 1.41. The molecule has 0 aliphatic carbocycles. The zero-order valence-corrected chi connectivity index (χ0v) is 17.2. The van der Waals surface area contributed by atoms with Gasteiger partial charge in [0.15, 0.2) is 5.76 Å². The number of benzene rings is 2. The molecule has 31 heavy (non-hydrogen) atoms. The van der Waals surface area contributed by atoms with Crippen molar-refractivity contribution in [2.75, 3.05) is 23.3 Å². The lowest BCUT2D eigenvalue weighted by molar-refractivity contribution is -0.117. The summed E-state index contributed by atoms with van der Waals surface area (Å²) in [4.78, 5) is 39.3. The molecule has 2 heterocycles. The molecule has 3 amide bonds. The highest BCUT2D eigenvalue weighted by atomic mass is 16.3. The number of anilines is 2. The predicted molar refractivity (Wildman–Crippen MR) is 117 cm³/mol. The maximum absolute atomic E-state index is 12.7. The monoisotopic (exact) mass is 417 g/mol. The fraction of sp³-hybridized carbons (Fsp3) is 0.208. The van der Waals surface area contributed by atoms with Gasteiger partial charge >= 0.3 is 0 Å². The number of aryl methyl sites for hydroxylation is 2. The molecule has 3 aromatic rings. The first-order chi connectivity index (χ1) is 15.0. The Labute approximate surface area is 180 Å². The van der Waals surface area contributed by atoms with Crippen molar-refractivity contribution in [3.63, 3.8) is 0 Å². The summed E-state index contributed by atoms with van der Waals surface area (Å²) in [6.07, 6.45) is 3.26. The Kier molecular flexibility index (Phi) is 5.84. The molecule has 2 N–H and O–H groups in total. The molecule has 2 aromatic carbocycles. The van der Waals surface area contributed by atoms with Crippen molar-refractivity contribution in [1.82, 2.24) is 5.32 Å². The van der Waals surface area contributed by atoms with Crippen molar-refractivity contribution in [2.24, 2.45) is 0 Å². The zero-order chi connectivity index (χ0) is 21.8. The van der Waals surface area contributed by atoms with Crippen LogP contribution in [-0.4, -0.2) is 30.8 Å². The lowest BCUT2D eigenvalue weighted by Gasteiger charge is -2.29. The van der Waals surface area contributed by atoms with Gasteiger partial charge in [-0.15, -0.1) is 0 Å². The molecule has 1 aromatic heterocycles. The van der Waals surface area contributed by atoms with E-state index in [0.717, 1.165) is 29.7 Å². The minimum Gasteiger partial charge on any atom is -0.459 e. The third-order valence-corrected chi connectivity index (χ3v) is 5.30. The van der Waals surface area contributed by atoms with E-state index in [9.17, 15) is 14.4 Å². The van der Waals surface area contributed by atoms with Gasteiger partial charge in [-0.1, -0.05) is 24.3 Å². The van der Waals surface area contributed by atoms with Gasteiger partial charge in [-0.05, 0) is 61.2 Å². The zero-order valence-electron chi connectivity index (χ0n) is 17.2. The van der Waals surface area contributed by atoms with Gasteiger partial charge in [-0.25, -0.2) is 0 Å². The van der Waals surface area contributed by atoms with E-state index in [1.165, 1.54) is 6.26 Å². The number of carbonyl (C=O) groups is 3. The summed E-state index contributed by atoms with van der Waals surface area (Å²) < 4.78 is 5.10. The average Bonchev–Trinajstić information content (AvgIpc) is 3.33. The number of rotatable bonds is 5. The van der Waals surface area contributed by atoms with Crippen LogP contribution in [0.15, 0.2) is 65.3 Å². The SMILES string of the molecule is Cc1ccc(C(=O)NCC(=O)N2CCCc3ccccc32)cc1NC(=O)c1ccco1. The van der Waals surface area contributed by atoms with Crippen molar-refractivity contribution in [3.05, 3.63) is 83.3 Å². The van der Waals surface area contributed by atoms with E-state index in [-0.39, 0.29) is 24.1 Å². The molecule has 1 aliphatic rings. The van der Waals surface area contributed by atoms with Crippen LogP contribution in [0, 0.1) is 6.92 Å². The van der Waals surface area contributed by atoms with Crippen LogP contribution in [0.4, 0.5) is 11.4 Å². The molecule has 0 spiro atoms. The van der Waals surface area contributed by atoms with Gasteiger partial charge in [0, 0.05) is 23.5 Å². The number of nitrogens with zero attached hydrogens (tertiary/aromatic N) is 1. The van der Waals surface area contributed by atoms with Crippen LogP contribution in [0.1, 0.15) is 38.5 Å². The second-order valence-corrected chi connectivity index (χ2v) is 7.42. The van der Waals surface area contributed by atoms with Crippen LogP contribution < -0.4 is 15.5 Å². The summed E-state index contributed by atoms with van der Waals surface area (Å²) in [5.74, 6) is -0.752. The second-order valence-electron chi connectivity index (χ2n) is 7.42. The van der Waals surface area contributed by atoms with Gasteiger partial charge in [0.2, 0.25) is 5.91 Å². The van der Waals surface area contributed by atoms with Gasteiger partial charge in [-0.3, -0.25) is 14.4 Å². The van der Waals surface area contributed by atoms with Crippen LogP contribution in [0.2, 0.25) is 0 Å². The number of amides is 3. The minimum absolute atomic E-state index is 0.102. The fourth-order valence-corrected chi connectivity index (χ4v) is 3.64. The molecule has 7 nitrogen and oxygen atoms in total. The van der Waals surface area contributed by atoms with Crippen molar-refractivity contribution in [2.45, 2.75) is 19.8 Å². The van der Waals surface area contributed by atoms with Gasteiger partial charge in [-0.2, -0.15) is 0 Å². The number of carbonyl (C=O) groups excluding carboxylic acids is 3. The van der Waals surface area contributed by atoms with Crippen LogP contribution in [0.25, 0.3) is 0 Å². The van der Waals surface area contributed by atoms with Crippen molar-refractivity contribution in [3.8, 4) is 0 Å². The van der Waals surface area contributed by atoms with E-state index < -0.39 is 5.91 Å². The maximum Gasteiger partial charge on any atom is 0.291 e. The number of nitrogens with one attached hydrogen (secondary N) is 2.